The Morgan fingerprint density at radius 2 is 2.00 bits per heavy atom. The molecule has 160 valence electrons. The van der Waals surface area contributed by atoms with Crippen molar-refractivity contribution in [3.05, 3.63) is 58.7 Å². The molecule has 0 atom stereocenters. The van der Waals surface area contributed by atoms with E-state index in [-0.39, 0.29) is 6.79 Å². The second kappa shape index (κ2) is 8.40. The molecule has 2 aliphatic rings. The summed E-state index contributed by atoms with van der Waals surface area (Å²) in [6.07, 6.45) is 0. The van der Waals surface area contributed by atoms with Crippen LogP contribution >= 0.6 is 11.8 Å². The summed E-state index contributed by atoms with van der Waals surface area (Å²) in [5.74, 6) is 1.61. The zero-order valence-corrected chi connectivity index (χ0v) is 18.8. The number of fused-ring (bicyclic) bond motifs is 3. The summed E-state index contributed by atoms with van der Waals surface area (Å²) in [4.78, 5) is 12.1. The van der Waals surface area contributed by atoms with Crippen molar-refractivity contribution in [2.24, 2.45) is 4.99 Å². The molecule has 0 saturated heterocycles. The number of amidine groups is 1. The number of hydrogen-bond donors (Lipinski definition) is 0. The van der Waals surface area contributed by atoms with E-state index in [9.17, 15) is 0 Å². The zero-order chi connectivity index (χ0) is 21.4. The van der Waals surface area contributed by atoms with E-state index < -0.39 is 0 Å². The second-order valence-corrected chi connectivity index (χ2v) is 8.86. The van der Waals surface area contributed by atoms with Crippen LogP contribution in [0.4, 0.5) is 0 Å². The van der Waals surface area contributed by atoms with Gasteiger partial charge in [-0.25, -0.2) is 4.98 Å². The lowest BCUT2D eigenvalue weighted by Gasteiger charge is -2.31. The third-order valence-corrected chi connectivity index (χ3v) is 6.61. The number of aromatic nitrogens is 1. The summed E-state index contributed by atoms with van der Waals surface area (Å²) in [6.45, 7) is 7.27. The number of nitrogens with zero attached hydrogens (tertiary/aromatic N) is 3. The molecule has 2 aromatic carbocycles. The molecule has 0 bridgehead atoms. The van der Waals surface area contributed by atoms with Gasteiger partial charge in [-0.2, -0.15) is 0 Å². The first-order valence-electron chi connectivity index (χ1n) is 10.4. The highest BCUT2D eigenvalue weighted by molar-refractivity contribution is 8.13. The first kappa shape index (κ1) is 20.2. The minimum Gasteiger partial charge on any atom is -0.454 e. The SMILES string of the molecule is COCCN=C1Sc2nc3cc(C)cc(C)c3cc2CN1Cc1ccc2c(c1)OCO2. The van der Waals surface area contributed by atoms with Gasteiger partial charge in [0.1, 0.15) is 5.03 Å². The molecule has 0 fully saturated rings. The fourth-order valence-corrected chi connectivity index (χ4v) is 5.01. The van der Waals surface area contributed by atoms with Crippen LogP contribution in [0.15, 0.2) is 46.4 Å². The van der Waals surface area contributed by atoms with Gasteiger partial charge in [-0.1, -0.05) is 12.1 Å². The summed E-state index contributed by atoms with van der Waals surface area (Å²) in [6, 6.07) is 12.8. The maximum Gasteiger partial charge on any atom is 0.231 e. The first-order chi connectivity index (χ1) is 15.1. The maximum atomic E-state index is 5.56. The molecule has 3 aromatic rings. The van der Waals surface area contributed by atoms with E-state index in [1.165, 1.54) is 22.1 Å². The van der Waals surface area contributed by atoms with Gasteiger partial charge in [0.15, 0.2) is 16.7 Å². The summed E-state index contributed by atoms with van der Waals surface area (Å²) >= 11 is 1.64. The van der Waals surface area contributed by atoms with E-state index in [1.54, 1.807) is 18.9 Å². The van der Waals surface area contributed by atoms with Gasteiger partial charge in [-0.3, -0.25) is 4.99 Å². The standard InChI is InChI=1S/C24H25N3O3S/c1-15-8-16(2)19-11-18-13-27(12-17-4-5-21-22(10-17)30-14-29-21)24(25-6-7-28-3)31-23(18)26-20(19)9-15/h4-5,8-11H,6-7,12-14H2,1-3H3. The van der Waals surface area contributed by atoms with Crippen LogP contribution in [0.5, 0.6) is 11.5 Å². The summed E-state index contributed by atoms with van der Waals surface area (Å²) in [7, 11) is 1.70. The highest BCUT2D eigenvalue weighted by atomic mass is 32.2. The van der Waals surface area contributed by atoms with Gasteiger partial charge in [0.25, 0.3) is 0 Å². The van der Waals surface area contributed by atoms with Crippen LogP contribution in [0.1, 0.15) is 22.3 Å². The van der Waals surface area contributed by atoms with Crippen LogP contribution in [-0.2, 0) is 17.8 Å². The van der Waals surface area contributed by atoms with Crippen LogP contribution in [0.25, 0.3) is 10.9 Å². The number of pyridine rings is 1. The Hall–Kier alpha value is -2.77. The predicted octanol–water partition coefficient (Wildman–Crippen LogP) is 4.69. The van der Waals surface area contributed by atoms with E-state index in [1.807, 2.05) is 6.07 Å². The van der Waals surface area contributed by atoms with Gasteiger partial charge in [0, 0.05) is 31.1 Å². The van der Waals surface area contributed by atoms with E-state index in [2.05, 4.69) is 49.1 Å². The van der Waals surface area contributed by atoms with Crippen molar-refractivity contribution in [1.82, 2.24) is 9.88 Å². The Morgan fingerprint density at radius 1 is 1.13 bits per heavy atom. The predicted molar refractivity (Wildman–Crippen MR) is 123 cm³/mol. The topological polar surface area (TPSA) is 56.2 Å². The largest absolute Gasteiger partial charge is 0.454 e. The monoisotopic (exact) mass is 435 g/mol. The molecule has 2 aliphatic heterocycles. The highest BCUT2D eigenvalue weighted by Gasteiger charge is 2.25. The minimum atomic E-state index is 0.285. The average Bonchev–Trinajstić information content (AvgIpc) is 3.21. The average molecular weight is 436 g/mol. The molecule has 0 aliphatic carbocycles. The Labute approximate surface area is 186 Å². The molecular formula is C24H25N3O3S. The van der Waals surface area contributed by atoms with Crippen LogP contribution in [0.2, 0.25) is 0 Å². The molecule has 0 amide bonds. The van der Waals surface area contributed by atoms with Crippen molar-refractivity contribution in [2.75, 3.05) is 27.1 Å². The van der Waals surface area contributed by atoms with Crippen molar-refractivity contribution >= 4 is 27.8 Å². The minimum absolute atomic E-state index is 0.285. The summed E-state index contributed by atoms with van der Waals surface area (Å²) in [5.41, 5.74) is 5.93. The third kappa shape index (κ3) is 4.07. The van der Waals surface area contributed by atoms with Crippen LogP contribution < -0.4 is 9.47 Å². The van der Waals surface area contributed by atoms with Crippen LogP contribution in [0, 0.1) is 13.8 Å². The Morgan fingerprint density at radius 3 is 2.87 bits per heavy atom. The molecule has 7 heteroatoms. The number of aliphatic imine (C=N–C) groups is 1. The second-order valence-electron chi connectivity index (χ2n) is 7.90. The number of rotatable bonds is 5. The molecule has 31 heavy (non-hydrogen) atoms. The fraction of sp³-hybridized carbons (Fsp3) is 0.333. The zero-order valence-electron chi connectivity index (χ0n) is 18.0. The van der Waals surface area contributed by atoms with Crippen LogP contribution in [0.3, 0.4) is 0 Å². The highest BCUT2D eigenvalue weighted by Crippen LogP contribution is 2.37. The van der Waals surface area contributed by atoms with Crippen molar-refractivity contribution in [1.29, 1.82) is 0 Å². The number of thioether (sulfide) groups is 1. The molecule has 1 aromatic heterocycles. The number of hydrogen-bond acceptors (Lipinski definition) is 6. The van der Waals surface area contributed by atoms with E-state index in [0.717, 1.165) is 45.9 Å². The number of benzene rings is 2. The lowest BCUT2D eigenvalue weighted by molar-refractivity contribution is 0.174. The van der Waals surface area contributed by atoms with Crippen LogP contribution in [-0.4, -0.2) is 42.1 Å². The van der Waals surface area contributed by atoms with Crippen molar-refractivity contribution in [3.8, 4) is 11.5 Å². The molecule has 3 heterocycles. The van der Waals surface area contributed by atoms with Gasteiger partial charge >= 0.3 is 0 Å². The van der Waals surface area contributed by atoms with E-state index >= 15 is 0 Å². The number of methoxy groups -OCH3 is 1. The molecule has 5 rings (SSSR count). The fourth-order valence-electron chi connectivity index (χ4n) is 4.03. The maximum absolute atomic E-state index is 5.56. The van der Waals surface area contributed by atoms with Gasteiger partial charge in [-0.05, 0) is 66.6 Å². The molecular weight excluding hydrogens is 410 g/mol. The molecule has 0 radical (unpaired) electrons. The Bertz CT molecular complexity index is 1180. The first-order valence-corrected chi connectivity index (χ1v) is 11.2. The van der Waals surface area contributed by atoms with Gasteiger partial charge in [0.2, 0.25) is 6.79 Å². The molecule has 6 nitrogen and oxygen atoms in total. The lowest BCUT2D eigenvalue weighted by atomic mass is 10.0. The summed E-state index contributed by atoms with van der Waals surface area (Å²) < 4.78 is 16.2. The van der Waals surface area contributed by atoms with Crippen molar-refractivity contribution < 1.29 is 14.2 Å². The quantitative estimate of drug-likeness (QED) is 0.542. The Kier molecular flexibility index (Phi) is 5.46. The summed E-state index contributed by atoms with van der Waals surface area (Å²) in [5, 5.41) is 3.22. The Balaban J connectivity index is 1.49. The van der Waals surface area contributed by atoms with Gasteiger partial charge in [-0.15, -0.1) is 0 Å². The van der Waals surface area contributed by atoms with E-state index in [0.29, 0.717) is 13.2 Å². The molecule has 0 spiro atoms. The lowest BCUT2D eigenvalue weighted by Crippen LogP contribution is -2.32. The van der Waals surface area contributed by atoms with Gasteiger partial charge in [0.05, 0.1) is 18.7 Å². The van der Waals surface area contributed by atoms with Crippen molar-refractivity contribution in [2.45, 2.75) is 32.0 Å². The van der Waals surface area contributed by atoms with Gasteiger partial charge < -0.3 is 19.1 Å². The normalized spacial score (nSPS) is 16.2. The van der Waals surface area contributed by atoms with E-state index in [4.69, 9.17) is 24.2 Å². The molecule has 0 N–H and O–H groups in total. The molecule has 0 unspecified atom stereocenters. The third-order valence-electron chi connectivity index (χ3n) is 5.50. The number of aryl methyl sites for hydroxylation is 2. The smallest absolute Gasteiger partial charge is 0.231 e. The number of ether oxygens (including phenoxy) is 3. The van der Waals surface area contributed by atoms with Crippen molar-refractivity contribution in [3.63, 3.8) is 0 Å². The molecule has 0 saturated carbocycles.